The van der Waals surface area contributed by atoms with Gasteiger partial charge in [-0.2, -0.15) is 0 Å². The normalized spacial score (nSPS) is 10.4. The summed E-state index contributed by atoms with van der Waals surface area (Å²) in [6, 6.07) is 10.0. The first-order valence-corrected chi connectivity index (χ1v) is 5.21. The van der Waals surface area contributed by atoms with Crippen LogP contribution in [-0.2, 0) is 0 Å². The molecule has 0 unspecified atom stereocenters. The highest BCUT2D eigenvalue weighted by molar-refractivity contribution is 6.31. The van der Waals surface area contributed by atoms with Crippen LogP contribution in [0.2, 0.25) is 5.02 Å². The van der Waals surface area contributed by atoms with Gasteiger partial charge in [0.25, 0.3) is 0 Å². The van der Waals surface area contributed by atoms with Crippen molar-refractivity contribution in [3.05, 3.63) is 52.8 Å². The van der Waals surface area contributed by atoms with Gasteiger partial charge in [-0.1, -0.05) is 41.4 Å². The van der Waals surface area contributed by atoms with E-state index < -0.39 is 5.82 Å². The number of phenols is 1. The van der Waals surface area contributed by atoms with Crippen LogP contribution in [0.1, 0.15) is 5.56 Å². The fourth-order valence-electron chi connectivity index (χ4n) is 1.50. The zero-order chi connectivity index (χ0) is 11.7. The average Bonchev–Trinajstić information content (AvgIpc) is 2.25. The third kappa shape index (κ3) is 2.02. The van der Waals surface area contributed by atoms with Gasteiger partial charge in [-0.3, -0.25) is 0 Å². The molecular weight excluding hydrogens is 227 g/mol. The van der Waals surface area contributed by atoms with Crippen LogP contribution in [0.25, 0.3) is 11.1 Å². The molecule has 0 spiro atoms. The van der Waals surface area contributed by atoms with Crippen molar-refractivity contribution in [2.24, 2.45) is 0 Å². The molecule has 0 atom stereocenters. The predicted molar refractivity (Wildman–Crippen MR) is 63.2 cm³/mol. The van der Waals surface area contributed by atoms with Crippen molar-refractivity contribution in [2.45, 2.75) is 6.92 Å². The Hall–Kier alpha value is -1.54. The largest absolute Gasteiger partial charge is 0.507 e. The number of rotatable bonds is 1. The van der Waals surface area contributed by atoms with E-state index >= 15 is 0 Å². The lowest BCUT2D eigenvalue weighted by Crippen LogP contribution is -1.83. The molecule has 0 saturated heterocycles. The molecular formula is C13H10ClFO. The van der Waals surface area contributed by atoms with Crippen LogP contribution in [0.15, 0.2) is 36.4 Å². The van der Waals surface area contributed by atoms with Crippen molar-refractivity contribution in [2.75, 3.05) is 0 Å². The number of aryl methyl sites for hydroxylation is 1. The first kappa shape index (κ1) is 11.0. The van der Waals surface area contributed by atoms with E-state index in [0.29, 0.717) is 5.56 Å². The smallest absolute Gasteiger partial charge is 0.145 e. The van der Waals surface area contributed by atoms with Gasteiger partial charge in [-0.05, 0) is 18.6 Å². The Bertz CT molecular complexity index is 520. The predicted octanol–water partition coefficient (Wildman–Crippen LogP) is 4.16. The fraction of sp³-hybridized carbons (Fsp3) is 0.0769. The number of aromatic hydroxyl groups is 1. The lowest BCUT2D eigenvalue weighted by atomic mass is 10.0. The number of halogens is 2. The van der Waals surface area contributed by atoms with Crippen molar-refractivity contribution >= 4 is 11.6 Å². The first-order chi connectivity index (χ1) is 7.58. The Morgan fingerprint density at radius 2 is 1.75 bits per heavy atom. The number of hydrogen-bond donors (Lipinski definition) is 1. The molecule has 16 heavy (non-hydrogen) atoms. The summed E-state index contributed by atoms with van der Waals surface area (Å²) in [6.45, 7) is 1.97. The van der Waals surface area contributed by atoms with E-state index in [2.05, 4.69) is 0 Å². The maximum Gasteiger partial charge on any atom is 0.145 e. The molecule has 2 aromatic carbocycles. The van der Waals surface area contributed by atoms with Gasteiger partial charge >= 0.3 is 0 Å². The lowest BCUT2D eigenvalue weighted by Gasteiger charge is -2.06. The number of benzene rings is 2. The van der Waals surface area contributed by atoms with Gasteiger partial charge in [0.1, 0.15) is 11.6 Å². The van der Waals surface area contributed by atoms with E-state index in [4.69, 9.17) is 11.6 Å². The molecule has 82 valence electrons. The summed E-state index contributed by atoms with van der Waals surface area (Å²) in [5, 5.41) is 9.65. The zero-order valence-electron chi connectivity index (χ0n) is 8.67. The van der Waals surface area contributed by atoms with Crippen LogP contribution in [0.3, 0.4) is 0 Å². The van der Waals surface area contributed by atoms with Gasteiger partial charge in [0, 0.05) is 11.6 Å². The molecule has 0 radical (unpaired) electrons. The summed E-state index contributed by atoms with van der Waals surface area (Å²) in [6.07, 6.45) is 0. The van der Waals surface area contributed by atoms with Crippen molar-refractivity contribution in [1.82, 2.24) is 0 Å². The van der Waals surface area contributed by atoms with Gasteiger partial charge in [-0.15, -0.1) is 0 Å². The molecule has 0 aliphatic rings. The van der Waals surface area contributed by atoms with Crippen LogP contribution in [-0.4, -0.2) is 5.11 Å². The lowest BCUT2D eigenvalue weighted by molar-refractivity contribution is 0.471. The maximum absolute atomic E-state index is 13.0. The minimum atomic E-state index is -0.616. The van der Waals surface area contributed by atoms with E-state index in [1.54, 1.807) is 0 Å². The molecule has 0 aliphatic carbocycles. The highest BCUT2D eigenvalue weighted by atomic mass is 35.5. The monoisotopic (exact) mass is 236 g/mol. The molecule has 2 rings (SSSR count). The van der Waals surface area contributed by atoms with Gasteiger partial charge in [0.05, 0.1) is 5.02 Å². The minimum Gasteiger partial charge on any atom is -0.507 e. The van der Waals surface area contributed by atoms with Crippen molar-refractivity contribution in [1.29, 1.82) is 0 Å². The topological polar surface area (TPSA) is 20.2 Å². The highest BCUT2D eigenvalue weighted by Gasteiger charge is 2.09. The molecule has 1 N–H and O–H groups in total. The van der Waals surface area contributed by atoms with Crippen LogP contribution >= 0.6 is 11.6 Å². The quantitative estimate of drug-likeness (QED) is 0.788. The third-order valence-electron chi connectivity index (χ3n) is 2.40. The number of hydrogen-bond acceptors (Lipinski definition) is 1. The Morgan fingerprint density at radius 1 is 1.12 bits per heavy atom. The highest BCUT2D eigenvalue weighted by Crippen LogP contribution is 2.33. The average molecular weight is 237 g/mol. The van der Waals surface area contributed by atoms with Crippen LogP contribution in [0, 0.1) is 12.7 Å². The maximum atomic E-state index is 13.0. The fourth-order valence-corrected chi connectivity index (χ4v) is 1.66. The molecule has 0 aliphatic heterocycles. The summed E-state index contributed by atoms with van der Waals surface area (Å²) >= 11 is 5.68. The standard InChI is InChI=1S/C13H10ClFO/c1-8-2-4-9(5-3-8)10-6-11(14)12(15)7-13(10)16/h2-7,16H,1H3. The Kier molecular flexibility index (Phi) is 2.84. The summed E-state index contributed by atoms with van der Waals surface area (Å²) in [5.41, 5.74) is 2.47. The molecule has 3 heteroatoms. The Morgan fingerprint density at radius 3 is 2.38 bits per heavy atom. The first-order valence-electron chi connectivity index (χ1n) is 4.83. The SMILES string of the molecule is Cc1ccc(-c2cc(Cl)c(F)cc2O)cc1. The van der Waals surface area contributed by atoms with E-state index in [1.165, 1.54) is 6.07 Å². The van der Waals surface area contributed by atoms with E-state index in [0.717, 1.165) is 17.2 Å². The summed E-state index contributed by atoms with van der Waals surface area (Å²) in [7, 11) is 0. The van der Waals surface area contributed by atoms with Crippen molar-refractivity contribution in [3.8, 4) is 16.9 Å². The Labute approximate surface area is 98.1 Å². The van der Waals surface area contributed by atoms with Gasteiger partial charge in [0.15, 0.2) is 0 Å². The molecule has 0 heterocycles. The van der Waals surface area contributed by atoms with Crippen molar-refractivity contribution < 1.29 is 9.50 Å². The molecule has 0 aromatic heterocycles. The van der Waals surface area contributed by atoms with Crippen LogP contribution in [0.4, 0.5) is 4.39 Å². The summed E-state index contributed by atoms with van der Waals surface area (Å²) in [4.78, 5) is 0. The van der Waals surface area contributed by atoms with Crippen LogP contribution in [0.5, 0.6) is 5.75 Å². The number of phenolic OH excluding ortho intramolecular Hbond substituents is 1. The summed E-state index contributed by atoms with van der Waals surface area (Å²) in [5.74, 6) is -0.721. The van der Waals surface area contributed by atoms with Gasteiger partial charge in [-0.25, -0.2) is 4.39 Å². The minimum absolute atomic E-state index is 0.00775. The molecule has 0 fully saturated rings. The molecule has 0 bridgehead atoms. The zero-order valence-corrected chi connectivity index (χ0v) is 9.42. The van der Waals surface area contributed by atoms with Gasteiger partial charge in [0.2, 0.25) is 0 Å². The molecule has 0 amide bonds. The van der Waals surface area contributed by atoms with Gasteiger partial charge < -0.3 is 5.11 Å². The summed E-state index contributed by atoms with van der Waals surface area (Å²) < 4.78 is 13.0. The van der Waals surface area contributed by atoms with Crippen molar-refractivity contribution in [3.63, 3.8) is 0 Å². The molecule has 2 aromatic rings. The van der Waals surface area contributed by atoms with E-state index in [-0.39, 0.29) is 10.8 Å². The second kappa shape index (κ2) is 4.14. The van der Waals surface area contributed by atoms with E-state index in [1.807, 2.05) is 31.2 Å². The second-order valence-corrected chi connectivity index (χ2v) is 4.06. The van der Waals surface area contributed by atoms with E-state index in [9.17, 15) is 9.50 Å². The van der Waals surface area contributed by atoms with Crippen LogP contribution < -0.4 is 0 Å². The molecule has 0 saturated carbocycles. The third-order valence-corrected chi connectivity index (χ3v) is 2.69. The Balaban J connectivity index is 2.56. The molecule has 1 nitrogen and oxygen atoms in total. The second-order valence-electron chi connectivity index (χ2n) is 3.65.